The van der Waals surface area contributed by atoms with Crippen LogP contribution in [0.4, 0.5) is 23.2 Å². The zero-order valence-corrected chi connectivity index (χ0v) is 23.8. The molecule has 0 aliphatic rings. The van der Waals surface area contributed by atoms with Crippen molar-refractivity contribution >= 4 is 27.5 Å². The molecule has 12 heteroatoms. The number of hydrogen-bond acceptors (Lipinski definition) is 4. The fourth-order valence-corrected chi connectivity index (χ4v) is 5.38. The van der Waals surface area contributed by atoms with Crippen LogP contribution in [-0.4, -0.2) is 43.8 Å². The number of alkyl halides is 3. The number of nitrogens with one attached hydrogen (secondary N) is 1. The van der Waals surface area contributed by atoms with Gasteiger partial charge in [0.05, 0.1) is 16.1 Å². The van der Waals surface area contributed by atoms with E-state index >= 15 is 0 Å². The maximum atomic E-state index is 13.8. The van der Waals surface area contributed by atoms with Gasteiger partial charge in [0, 0.05) is 12.6 Å². The smallest absolute Gasteiger partial charge is 0.352 e. The summed E-state index contributed by atoms with van der Waals surface area (Å²) in [5.74, 6) is -1.89. The molecular weight excluding hydrogens is 562 g/mol. The summed E-state index contributed by atoms with van der Waals surface area (Å²) >= 11 is 0. The molecule has 220 valence electrons. The van der Waals surface area contributed by atoms with Crippen LogP contribution in [0, 0.1) is 12.7 Å². The van der Waals surface area contributed by atoms with Gasteiger partial charge in [-0.1, -0.05) is 35.9 Å². The highest BCUT2D eigenvalue weighted by atomic mass is 32.2. The highest BCUT2D eigenvalue weighted by Gasteiger charge is 2.35. The lowest BCUT2D eigenvalue weighted by molar-refractivity contribution is -0.139. The lowest BCUT2D eigenvalue weighted by Crippen LogP contribution is -2.52. The molecule has 3 aromatic carbocycles. The SMILES string of the molecule is Cc1ccc(S(=O)(=O)N(CC(=O)N(Cc2ccc(F)cc2)[C@@H](C)C(=O)NC(C)C)c2cccc(C(F)(F)F)c2)cc1. The summed E-state index contributed by atoms with van der Waals surface area (Å²) in [4.78, 5) is 27.5. The molecule has 2 amide bonds. The number of hydrogen-bond donors (Lipinski definition) is 1. The van der Waals surface area contributed by atoms with E-state index in [2.05, 4.69) is 5.32 Å². The first-order valence-electron chi connectivity index (χ1n) is 12.7. The molecule has 7 nitrogen and oxygen atoms in total. The second kappa shape index (κ2) is 12.7. The predicted molar refractivity (Wildman–Crippen MR) is 147 cm³/mol. The number of carbonyl (C=O) groups excluding carboxylic acids is 2. The number of nitrogens with zero attached hydrogens (tertiary/aromatic N) is 2. The van der Waals surface area contributed by atoms with Crippen LogP contribution in [0.5, 0.6) is 0 Å². The number of carbonyl (C=O) groups is 2. The minimum atomic E-state index is -4.77. The number of anilines is 1. The van der Waals surface area contributed by atoms with Crippen LogP contribution in [0.15, 0.2) is 77.7 Å². The highest BCUT2D eigenvalue weighted by Crippen LogP contribution is 2.33. The second-order valence-corrected chi connectivity index (χ2v) is 11.7. The molecule has 0 heterocycles. The molecule has 3 rings (SSSR count). The van der Waals surface area contributed by atoms with Gasteiger partial charge in [0.2, 0.25) is 11.8 Å². The Kier molecular flexibility index (Phi) is 9.80. The molecule has 0 saturated carbocycles. The fourth-order valence-electron chi connectivity index (χ4n) is 3.98. The van der Waals surface area contributed by atoms with E-state index in [4.69, 9.17) is 0 Å². The molecule has 0 unspecified atom stereocenters. The normalized spacial score (nSPS) is 12.6. The molecular formula is C29H31F4N3O4S. The Balaban J connectivity index is 2.09. The second-order valence-electron chi connectivity index (χ2n) is 9.86. The fraction of sp³-hybridized carbons (Fsp3) is 0.310. The van der Waals surface area contributed by atoms with E-state index in [-0.39, 0.29) is 23.2 Å². The van der Waals surface area contributed by atoms with Gasteiger partial charge >= 0.3 is 6.18 Å². The average molecular weight is 594 g/mol. The largest absolute Gasteiger partial charge is 0.416 e. The maximum absolute atomic E-state index is 13.8. The highest BCUT2D eigenvalue weighted by molar-refractivity contribution is 7.92. The first-order valence-corrected chi connectivity index (χ1v) is 14.1. The van der Waals surface area contributed by atoms with Gasteiger partial charge in [0.25, 0.3) is 10.0 Å². The molecule has 41 heavy (non-hydrogen) atoms. The number of benzene rings is 3. The van der Waals surface area contributed by atoms with Crippen LogP contribution in [-0.2, 0) is 32.3 Å². The Labute approximate surface area is 236 Å². The summed E-state index contributed by atoms with van der Waals surface area (Å²) < 4.78 is 82.3. The van der Waals surface area contributed by atoms with E-state index in [1.807, 2.05) is 0 Å². The Morgan fingerprint density at radius 3 is 2.10 bits per heavy atom. The van der Waals surface area contributed by atoms with Crippen molar-refractivity contribution in [2.24, 2.45) is 0 Å². The maximum Gasteiger partial charge on any atom is 0.416 e. The molecule has 1 N–H and O–H groups in total. The van der Waals surface area contributed by atoms with Gasteiger partial charge in [-0.3, -0.25) is 13.9 Å². The summed E-state index contributed by atoms with van der Waals surface area (Å²) in [6.45, 7) is 5.54. The van der Waals surface area contributed by atoms with Gasteiger partial charge in [-0.05, 0) is 75.7 Å². The zero-order chi connectivity index (χ0) is 30.5. The molecule has 0 aliphatic carbocycles. The summed E-state index contributed by atoms with van der Waals surface area (Å²) in [6.07, 6.45) is -4.77. The van der Waals surface area contributed by atoms with Crippen molar-refractivity contribution in [1.82, 2.24) is 10.2 Å². The molecule has 0 saturated heterocycles. The van der Waals surface area contributed by atoms with E-state index in [1.165, 1.54) is 55.5 Å². The summed E-state index contributed by atoms with van der Waals surface area (Å²) in [5.41, 5.74) is -0.272. The summed E-state index contributed by atoms with van der Waals surface area (Å²) in [7, 11) is -4.54. The molecule has 0 fully saturated rings. The van der Waals surface area contributed by atoms with E-state index in [9.17, 15) is 35.6 Å². The van der Waals surface area contributed by atoms with E-state index in [1.54, 1.807) is 20.8 Å². The number of aryl methyl sites for hydroxylation is 1. The van der Waals surface area contributed by atoms with Gasteiger partial charge < -0.3 is 10.2 Å². The van der Waals surface area contributed by atoms with Crippen molar-refractivity contribution in [2.45, 2.75) is 57.4 Å². The van der Waals surface area contributed by atoms with Crippen LogP contribution in [0.3, 0.4) is 0 Å². The molecule has 1 atom stereocenters. The lowest BCUT2D eigenvalue weighted by atomic mass is 10.1. The molecule has 0 aromatic heterocycles. The molecule has 0 aliphatic heterocycles. The van der Waals surface area contributed by atoms with Crippen molar-refractivity contribution in [2.75, 3.05) is 10.8 Å². The van der Waals surface area contributed by atoms with Crippen LogP contribution < -0.4 is 9.62 Å². The van der Waals surface area contributed by atoms with E-state index in [0.717, 1.165) is 28.7 Å². The predicted octanol–water partition coefficient (Wildman–Crippen LogP) is 5.29. The zero-order valence-electron chi connectivity index (χ0n) is 22.9. The Hall–Kier alpha value is -3.93. The quantitative estimate of drug-likeness (QED) is 0.324. The standard InChI is InChI=1S/C29H31F4N3O4S/c1-19(2)34-28(38)21(4)35(17-22-10-12-24(30)13-11-22)27(37)18-36(25-7-5-6-23(16-25)29(31,32)33)41(39,40)26-14-8-20(3)9-15-26/h5-16,19,21H,17-18H2,1-4H3,(H,34,38)/t21-/m0/s1. The Morgan fingerprint density at radius 2 is 1.54 bits per heavy atom. The van der Waals surface area contributed by atoms with Crippen LogP contribution in [0.2, 0.25) is 0 Å². The lowest BCUT2D eigenvalue weighted by Gasteiger charge is -2.32. The van der Waals surface area contributed by atoms with Crippen molar-refractivity contribution < 1.29 is 35.6 Å². The average Bonchev–Trinajstić information content (AvgIpc) is 2.90. The first kappa shape index (κ1) is 31.6. The number of amides is 2. The third-order valence-electron chi connectivity index (χ3n) is 6.21. The first-order chi connectivity index (χ1) is 19.1. The Morgan fingerprint density at radius 1 is 0.927 bits per heavy atom. The van der Waals surface area contributed by atoms with Gasteiger partial charge in [0.15, 0.2) is 0 Å². The van der Waals surface area contributed by atoms with Crippen molar-refractivity contribution in [1.29, 1.82) is 0 Å². The summed E-state index contributed by atoms with van der Waals surface area (Å²) in [6, 6.07) is 13.1. The van der Waals surface area contributed by atoms with Crippen molar-refractivity contribution in [3.63, 3.8) is 0 Å². The Bertz CT molecular complexity index is 1480. The molecule has 0 bridgehead atoms. The van der Waals surface area contributed by atoms with E-state index in [0.29, 0.717) is 15.9 Å². The monoisotopic (exact) mass is 593 g/mol. The minimum absolute atomic E-state index is 0.188. The third kappa shape index (κ3) is 8.06. The minimum Gasteiger partial charge on any atom is -0.352 e. The van der Waals surface area contributed by atoms with E-state index < -0.39 is 52.0 Å². The molecule has 0 radical (unpaired) electrons. The molecule has 3 aromatic rings. The third-order valence-corrected chi connectivity index (χ3v) is 8.00. The number of sulfonamides is 1. The topological polar surface area (TPSA) is 86.8 Å². The number of rotatable bonds is 10. The van der Waals surface area contributed by atoms with Gasteiger partial charge in [-0.2, -0.15) is 13.2 Å². The van der Waals surface area contributed by atoms with Crippen LogP contribution >= 0.6 is 0 Å². The van der Waals surface area contributed by atoms with Crippen LogP contribution in [0.1, 0.15) is 37.5 Å². The van der Waals surface area contributed by atoms with Gasteiger partial charge in [-0.15, -0.1) is 0 Å². The summed E-state index contributed by atoms with van der Waals surface area (Å²) in [5, 5.41) is 2.69. The molecule has 0 spiro atoms. The van der Waals surface area contributed by atoms with Crippen molar-refractivity contribution in [3.05, 3.63) is 95.3 Å². The van der Waals surface area contributed by atoms with Crippen LogP contribution in [0.25, 0.3) is 0 Å². The van der Waals surface area contributed by atoms with Gasteiger partial charge in [0.1, 0.15) is 18.4 Å². The number of halogens is 4. The van der Waals surface area contributed by atoms with Crippen molar-refractivity contribution in [3.8, 4) is 0 Å². The van der Waals surface area contributed by atoms with Gasteiger partial charge in [-0.25, -0.2) is 12.8 Å².